The molecule has 40 heavy (non-hydrogen) atoms. The summed E-state index contributed by atoms with van der Waals surface area (Å²) in [5.41, 5.74) is 1.70. The van der Waals surface area contributed by atoms with Crippen LogP contribution in [-0.4, -0.2) is 105 Å². The van der Waals surface area contributed by atoms with E-state index >= 15 is 0 Å². The molecule has 2 saturated heterocycles. The maximum atomic E-state index is 14.7. The number of piperazine rings is 1. The second-order valence-corrected chi connectivity index (χ2v) is 11.4. The second-order valence-electron chi connectivity index (χ2n) is 11.4. The van der Waals surface area contributed by atoms with Crippen molar-refractivity contribution in [3.05, 3.63) is 53.5 Å². The predicted molar refractivity (Wildman–Crippen MR) is 146 cm³/mol. The molecule has 2 amide bonds. The van der Waals surface area contributed by atoms with Gasteiger partial charge in [0, 0.05) is 63.8 Å². The first kappa shape index (κ1) is 26.6. The van der Waals surface area contributed by atoms with Crippen molar-refractivity contribution in [2.45, 2.75) is 50.7 Å². The Bertz CT molecular complexity index is 1450. The second kappa shape index (κ2) is 10.1. The van der Waals surface area contributed by atoms with Crippen molar-refractivity contribution in [3.8, 4) is 0 Å². The Kier molecular flexibility index (Phi) is 6.71. The maximum Gasteiger partial charge on any atom is 0.261 e. The van der Waals surface area contributed by atoms with E-state index in [1.165, 1.54) is 29.5 Å². The van der Waals surface area contributed by atoms with Gasteiger partial charge in [0.05, 0.1) is 35.8 Å². The van der Waals surface area contributed by atoms with Crippen LogP contribution in [0, 0.1) is 0 Å². The molecule has 2 fully saturated rings. The van der Waals surface area contributed by atoms with E-state index in [2.05, 4.69) is 25.2 Å². The molecule has 0 bridgehead atoms. The molecule has 1 aromatic carbocycles. The molecule has 5 heterocycles. The number of halogens is 1. The number of anilines is 2. The Hall–Kier alpha value is -3.61. The summed E-state index contributed by atoms with van der Waals surface area (Å²) in [4.78, 5) is 37.2. The molecular formula is C28H34FN7O4. The molecule has 0 unspecified atom stereocenters. The van der Waals surface area contributed by atoms with Gasteiger partial charge < -0.3 is 25.0 Å². The van der Waals surface area contributed by atoms with E-state index in [0.29, 0.717) is 34.1 Å². The van der Waals surface area contributed by atoms with E-state index in [4.69, 9.17) is 4.74 Å². The Morgan fingerprint density at radius 2 is 2.12 bits per heavy atom. The zero-order valence-electron chi connectivity index (χ0n) is 22.9. The summed E-state index contributed by atoms with van der Waals surface area (Å²) >= 11 is 0. The first-order valence-corrected chi connectivity index (χ1v) is 13.6. The minimum atomic E-state index is -1.60. The molecule has 3 aromatic rings. The SMILES string of the molecule is CO[C@H]1C[C@@H]2CN(c3cc4c(cc3NC(=O)c3cnn5cccnc35)CN(C[C@@H](F)C(C)(C)O)C4=O)CCN2C1. The lowest BCUT2D eigenvalue weighted by Gasteiger charge is -2.39. The highest BCUT2D eigenvalue weighted by Gasteiger charge is 2.39. The minimum absolute atomic E-state index is 0.187. The van der Waals surface area contributed by atoms with Crippen molar-refractivity contribution in [2.24, 2.45) is 0 Å². The van der Waals surface area contributed by atoms with Gasteiger partial charge in [-0.15, -0.1) is 0 Å². The van der Waals surface area contributed by atoms with Gasteiger partial charge in [-0.2, -0.15) is 5.10 Å². The number of nitrogens with zero attached hydrogens (tertiary/aromatic N) is 6. The van der Waals surface area contributed by atoms with Crippen molar-refractivity contribution >= 4 is 28.8 Å². The number of nitrogens with one attached hydrogen (secondary N) is 1. The van der Waals surface area contributed by atoms with Crippen LogP contribution in [0.15, 0.2) is 36.8 Å². The van der Waals surface area contributed by atoms with E-state index in [9.17, 15) is 19.1 Å². The highest BCUT2D eigenvalue weighted by Crippen LogP contribution is 2.37. The Morgan fingerprint density at radius 1 is 1.30 bits per heavy atom. The van der Waals surface area contributed by atoms with E-state index < -0.39 is 11.8 Å². The third-order valence-corrected chi connectivity index (χ3v) is 8.27. The van der Waals surface area contributed by atoms with Crippen LogP contribution >= 0.6 is 0 Å². The fourth-order valence-electron chi connectivity index (χ4n) is 5.90. The highest BCUT2D eigenvalue weighted by atomic mass is 19.1. The molecule has 11 nitrogen and oxygen atoms in total. The monoisotopic (exact) mass is 551 g/mol. The minimum Gasteiger partial charge on any atom is -0.387 e. The number of benzene rings is 1. The normalized spacial score (nSPS) is 22.1. The number of aromatic nitrogens is 3. The van der Waals surface area contributed by atoms with Crippen molar-refractivity contribution in [3.63, 3.8) is 0 Å². The van der Waals surface area contributed by atoms with Gasteiger partial charge in [-0.05, 0) is 44.0 Å². The van der Waals surface area contributed by atoms with Gasteiger partial charge in [0.15, 0.2) is 5.65 Å². The summed E-state index contributed by atoms with van der Waals surface area (Å²) in [7, 11) is 1.74. The molecule has 12 heteroatoms. The molecule has 0 saturated carbocycles. The van der Waals surface area contributed by atoms with Crippen molar-refractivity contribution in [2.75, 3.05) is 50.1 Å². The number of hydrogen-bond donors (Lipinski definition) is 2. The van der Waals surface area contributed by atoms with Gasteiger partial charge in [0.2, 0.25) is 0 Å². The molecule has 6 rings (SSSR count). The number of carbonyl (C=O) groups excluding carboxylic acids is 2. The number of aliphatic hydroxyl groups is 1. The van der Waals surface area contributed by atoms with E-state index in [1.54, 1.807) is 25.6 Å². The fourth-order valence-corrected chi connectivity index (χ4v) is 5.90. The fraction of sp³-hybridized carbons (Fsp3) is 0.500. The summed E-state index contributed by atoms with van der Waals surface area (Å²) in [6.45, 7) is 5.93. The molecule has 0 spiro atoms. The Labute approximate surface area is 231 Å². The average Bonchev–Trinajstić information content (AvgIpc) is 3.62. The number of carbonyl (C=O) groups is 2. The lowest BCUT2D eigenvalue weighted by Crippen LogP contribution is -2.50. The van der Waals surface area contributed by atoms with E-state index in [-0.39, 0.29) is 31.0 Å². The number of rotatable bonds is 7. The van der Waals surface area contributed by atoms with Gasteiger partial charge in [0.1, 0.15) is 11.7 Å². The van der Waals surface area contributed by atoms with Crippen molar-refractivity contribution in [1.29, 1.82) is 0 Å². The van der Waals surface area contributed by atoms with Crippen molar-refractivity contribution < 1.29 is 23.8 Å². The van der Waals surface area contributed by atoms with Gasteiger partial charge >= 0.3 is 0 Å². The van der Waals surface area contributed by atoms with E-state index in [0.717, 1.165) is 38.3 Å². The molecule has 2 N–H and O–H groups in total. The molecule has 0 aliphatic carbocycles. The summed E-state index contributed by atoms with van der Waals surface area (Å²) in [6.07, 6.45) is 4.31. The summed E-state index contributed by atoms with van der Waals surface area (Å²) in [5.74, 6) is -0.646. The average molecular weight is 552 g/mol. The topological polar surface area (TPSA) is 116 Å². The summed E-state index contributed by atoms with van der Waals surface area (Å²) in [5, 5.41) is 17.4. The standard InChI is InChI=1S/C28H34FN7O4/c1-28(2,39)24(29)16-35-13-17-9-22(32-26(37)21-12-31-36-6-4-5-30-25(21)36)23(11-20(17)27(35)38)34-8-7-33-15-19(40-3)10-18(33)14-34/h4-6,9,11-12,18-19,24,39H,7-8,10,13-16H2,1-3H3,(H,32,37)/t18-,19+,24-/m1/s1. The first-order chi connectivity index (χ1) is 19.1. The van der Waals surface area contributed by atoms with Crippen LogP contribution in [0.25, 0.3) is 5.65 Å². The maximum absolute atomic E-state index is 14.7. The third-order valence-electron chi connectivity index (χ3n) is 8.27. The number of ether oxygens (including phenoxy) is 1. The Balaban J connectivity index is 1.32. The van der Waals surface area contributed by atoms with Gasteiger partial charge in [0.25, 0.3) is 11.8 Å². The molecule has 3 atom stereocenters. The summed E-state index contributed by atoms with van der Waals surface area (Å²) in [6, 6.07) is 5.66. The van der Waals surface area contributed by atoms with Crippen LogP contribution in [-0.2, 0) is 11.3 Å². The van der Waals surface area contributed by atoms with Gasteiger partial charge in [-0.1, -0.05) is 0 Å². The van der Waals surface area contributed by atoms with Crippen molar-refractivity contribution in [1.82, 2.24) is 24.4 Å². The quantitative estimate of drug-likeness (QED) is 0.458. The van der Waals surface area contributed by atoms with Crippen LogP contribution in [0.5, 0.6) is 0 Å². The predicted octanol–water partition coefficient (Wildman–Crippen LogP) is 1.96. The lowest BCUT2D eigenvalue weighted by molar-refractivity contribution is -0.0159. The van der Waals surface area contributed by atoms with Crippen LogP contribution in [0.4, 0.5) is 15.8 Å². The van der Waals surface area contributed by atoms with Gasteiger partial charge in [-0.25, -0.2) is 13.9 Å². The lowest BCUT2D eigenvalue weighted by atomic mass is 10.0. The molecule has 2 aromatic heterocycles. The van der Waals surface area contributed by atoms with Crippen LogP contribution in [0.2, 0.25) is 0 Å². The Morgan fingerprint density at radius 3 is 2.90 bits per heavy atom. The number of alkyl halides is 1. The van der Waals surface area contributed by atoms with Crippen LogP contribution in [0.3, 0.4) is 0 Å². The number of hydrogen-bond acceptors (Lipinski definition) is 8. The summed E-state index contributed by atoms with van der Waals surface area (Å²) < 4.78 is 21.9. The first-order valence-electron chi connectivity index (χ1n) is 13.6. The smallest absolute Gasteiger partial charge is 0.261 e. The van der Waals surface area contributed by atoms with Gasteiger partial charge in [-0.3, -0.25) is 14.5 Å². The highest BCUT2D eigenvalue weighted by molar-refractivity contribution is 6.10. The largest absolute Gasteiger partial charge is 0.387 e. The molecule has 212 valence electrons. The third kappa shape index (κ3) is 4.80. The van der Waals surface area contributed by atoms with Crippen LogP contribution in [0.1, 0.15) is 46.5 Å². The number of methoxy groups -OCH3 is 1. The number of amides is 2. The van der Waals surface area contributed by atoms with E-state index in [1.807, 2.05) is 12.1 Å². The molecule has 0 radical (unpaired) electrons. The molecular weight excluding hydrogens is 517 g/mol. The van der Waals surface area contributed by atoms with Crippen LogP contribution < -0.4 is 10.2 Å². The zero-order valence-corrected chi connectivity index (χ0v) is 22.9. The molecule has 3 aliphatic rings. The number of fused-ring (bicyclic) bond motifs is 3. The zero-order chi connectivity index (χ0) is 28.2. The molecule has 3 aliphatic heterocycles.